The van der Waals surface area contributed by atoms with Crippen LogP contribution < -0.4 is 5.32 Å². The number of carbonyl (C=O) groups is 1. The van der Waals surface area contributed by atoms with Gasteiger partial charge in [-0.15, -0.1) is 0 Å². The lowest BCUT2D eigenvalue weighted by Crippen LogP contribution is -2.13. The van der Waals surface area contributed by atoms with Gasteiger partial charge >= 0.3 is 6.09 Å². The van der Waals surface area contributed by atoms with Gasteiger partial charge in [0.05, 0.1) is 6.61 Å². The number of phenolic OH excluding ortho intramolecular Hbond substituents is 1. The fraction of sp³-hybridized carbons (Fsp3) is 0.235. The number of aromatic hydroxyl groups is 1. The first-order chi connectivity index (χ1) is 10.2. The molecule has 0 unspecified atom stereocenters. The lowest BCUT2D eigenvalue weighted by Gasteiger charge is -2.08. The molecule has 21 heavy (non-hydrogen) atoms. The van der Waals surface area contributed by atoms with Crippen molar-refractivity contribution in [3.63, 3.8) is 0 Å². The first-order valence-electron chi connectivity index (χ1n) is 6.98. The maximum absolute atomic E-state index is 11.4. The van der Waals surface area contributed by atoms with E-state index in [1.165, 1.54) is 0 Å². The van der Waals surface area contributed by atoms with E-state index in [0.717, 1.165) is 17.5 Å². The van der Waals surface area contributed by atoms with E-state index in [2.05, 4.69) is 5.32 Å². The molecule has 2 N–H and O–H groups in total. The van der Waals surface area contributed by atoms with E-state index in [0.29, 0.717) is 24.5 Å². The molecule has 0 radical (unpaired) electrons. The summed E-state index contributed by atoms with van der Waals surface area (Å²) in [5, 5.41) is 12.4. The summed E-state index contributed by atoms with van der Waals surface area (Å²) in [7, 11) is 0. The molecule has 0 saturated heterocycles. The monoisotopic (exact) mass is 285 g/mol. The van der Waals surface area contributed by atoms with Crippen molar-refractivity contribution in [2.24, 2.45) is 0 Å². The van der Waals surface area contributed by atoms with Gasteiger partial charge in [-0.2, -0.15) is 0 Å². The molecule has 2 aromatic rings. The van der Waals surface area contributed by atoms with E-state index >= 15 is 0 Å². The summed E-state index contributed by atoms with van der Waals surface area (Å²) >= 11 is 0. The molecular weight excluding hydrogens is 266 g/mol. The topological polar surface area (TPSA) is 58.6 Å². The molecule has 0 heterocycles. The van der Waals surface area contributed by atoms with Crippen molar-refractivity contribution in [1.82, 2.24) is 0 Å². The third-order valence-corrected chi connectivity index (χ3v) is 3.02. The van der Waals surface area contributed by atoms with E-state index in [1.807, 2.05) is 43.3 Å². The summed E-state index contributed by atoms with van der Waals surface area (Å²) in [6, 6.07) is 14.7. The summed E-state index contributed by atoms with van der Waals surface area (Å²) in [5.74, 6) is 0.294. The summed E-state index contributed by atoms with van der Waals surface area (Å²) < 4.78 is 4.95. The molecule has 2 rings (SSSR count). The van der Waals surface area contributed by atoms with Crippen LogP contribution in [0.15, 0.2) is 48.5 Å². The third-order valence-electron chi connectivity index (χ3n) is 3.02. The van der Waals surface area contributed by atoms with Gasteiger partial charge < -0.3 is 9.84 Å². The van der Waals surface area contributed by atoms with Gasteiger partial charge in [-0.3, -0.25) is 5.32 Å². The van der Waals surface area contributed by atoms with Gasteiger partial charge in [0.1, 0.15) is 5.75 Å². The molecule has 1 amide bonds. The molecule has 0 aliphatic carbocycles. The highest BCUT2D eigenvalue weighted by atomic mass is 16.5. The van der Waals surface area contributed by atoms with Crippen LogP contribution in [0.1, 0.15) is 24.5 Å². The Balaban J connectivity index is 1.96. The average Bonchev–Trinajstić information content (AvgIpc) is 2.49. The van der Waals surface area contributed by atoms with Crippen molar-refractivity contribution in [1.29, 1.82) is 0 Å². The smallest absolute Gasteiger partial charge is 0.411 e. The lowest BCUT2D eigenvalue weighted by molar-refractivity contribution is 0.161. The largest absolute Gasteiger partial charge is 0.508 e. The van der Waals surface area contributed by atoms with Crippen LogP contribution in [0, 0.1) is 0 Å². The van der Waals surface area contributed by atoms with Gasteiger partial charge in [-0.1, -0.05) is 37.3 Å². The van der Waals surface area contributed by atoms with Gasteiger partial charge in [0.15, 0.2) is 0 Å². The quantitative estimate of drug-likeness (QED) is 0.874. The Kier molecular flexibility index (Phi) is 5.21. The highest BCUT2D eigenvalue weighted by molar-refractivity contribution is 5.84. The zero-order valence-corrected chi connectivity index (χ0v) is 12.0. The Labute approximate surface area is 124 Å². The Morgan fingerprint density at radius 3 is 2.52 bits per heavy atom. The van der Waals surface area contributed by atoms with Crippen LogP contribution in [0.4, 0.5) is 10.5 Å². The van der Waals surface area contributed by atoms with Gasteiger partial charge in [-0.05, 0) is 35.7 Å². The maximum Gasteiger partial charge on any atom is 0.411 e. The highest BCUT2D eigenvalue weighted by Crippen LogP contribution is 2.20. The molecule has 0 bridgehead atoms. The van der Waals surface area contributed by atoms with Crippen molar-refractivity contribution < 1.29 is 14.6 Å². The normalized spacial score (nSPS) is 10.1. The van der Waals surface area contributed by atoms with E-state index < -0.39 is 6.09 Å². The minimum atomic E-state index is -0.440. The van der Waals surface area contributed by atoms with Gasteiger partial charge in [0.25, 0.3) is 0 Å². The van der Waals surface area contributed by atoms with Crippen LogP contribution in [0.5, 0.6) is 5.75 Å². The molecule has 0 aromatic heterocycles. The SMILES string of the molecule is CCCOC(=O)Nc1ccc(Cc2ccccc2O)cc1. The summed E-state index contributed by atoms with van der Waals surface area (Å²) in [5.41, 5.74) is 2.63. The molecule has 4 heteroatoms. The molecule has 0 aliphatic rings. The molecule has 0 atom stereocenters. The Hall–Kier alpha value is -2.49. The summed E-state index contributed by atoms with van der Waals surface area (Å²) in [6.07, 6.45) is 1.01. The first kappa shape index (κ1) is 14.9. The molecule has 110 valence electrons. The number of ether oxygens (including phenoxy) is 1. The number of nitrogens with one attached hydrogen (secondary N) is 1. The maximum atomic E-state index is 11.4. The predicted octanol–water partition coefficient (Wildman–Crippen LogP) is 3.94. The summed E-state index contributed by atoms with van der Waals surface area (Å²) in [4.78, 5) is 11.4. The van der Waals surface area contributed by atoms with Crippen molar-refractivity contribution in [3.8, 4) is 5.75 Å². The molecule has 0 fully saturated rings. The van der Waals surface area contributed by atoms with Crippen molar-refractivity contribution in [2.75, 3.05) is 11.9 Å². The predicted molar refractivity (Wildman–Crippen MR) is 82.6 cm³/mol. The van der Waals surface area contributed by atoms with Crippen LogP contribution in [0.25, 0.3) is 0 Å². The number of phenols is 1. The zero-order chi connectivity index (χ0) is 15.1. The molecule has 0 aliphatic heterocycles. The number of amides is 1. The molecule has 4 nitrogen and oxygen atoms in total. The number of hydrogen-bond acceptors (Lipinski definition) is 3. The van der Waals surface area contributed by atoms with Crippen molar-refractivity contribution in [3.05, 3.63) is 59.7 Å². The number of para-hydroxylation sites is 1. The van der Waals surface area contributed by atoms with Gasteiger partial charge in [-0.25, -0.2) is 4.79 Å². The van der Waals surface area contributed by atoms with Crippen LogP contribution in [-0.2, 0) is 11.2 Å². The van der Waals surface area contributed by atoms with Crippen molar-refractivity contribution in [2.45, 2.75) is 19.8 Å². The van der Waals surface area contributed by atoms with E-state index in [1.54, 1.807) is 12.1 Å². The first-order valence-corrected chi connectivity index (χ1v) is 6.98. The molecular formula is C17H19NO3. The fourth-order valence-electron chi connectivity index (χ4n) is 1.93. The van der Waals surface area contributed by atoms with Crippen molar-refractivity contribution >= 4 is 11.8 Å². The number of carbonyl (C=O) groups excluding carboxylic acids is 1. The van der Waals surface area contributed by atoms with Gasteiger partial charge in [0, 0.05) is 12.1 Å². The number of rotatable bonds is 5. The van der Waals surface area contributed by atoms with E-state index in [4.69, 9.17) is 4.74 Å². The van der Waals surface area contributed by atoms with Crippen LogP contribution in [-0.4, -0.2) is 17.8 Å². The third kappa shape index (κ3) is 4.53. The highest BCUT2D eigenvalue weighted by Gasteiger charge is 2.04. The Morgan fingerprint density at radius 2 is 1.86 bits per heavy atom. The Morgan fingerprint density at radius 1 is 1.14 bits per heavy atom. The lowest BCUT2D eigenvalue weighted by atomic mass is 10.0. The second-order valence-electron chi connectivity index (χ2n) is 4.76. The Bertz CT molecular complexity index is 593. The van der Waals surface area contributed by atoms with E-state index in [9.17, 15) is 9.90 Å². The minimum Gasteiger partial charge on any atom is -0.508 e. The average molecular weight is 285 g/mol. The van der Waals surface area contributed by atoms with Crippen LogP contribution >= 0.6 is 0 Å². The van der Waals surface area contributed by atoms with Gasteiger partial charge in [0.2, 0.25) is 0 Å². The number of hydrogen-bond donors (Lipinski definition) is 2. The fourth-order valence-corrected chi connectivity index (χ4v) is 1.93. The molecule has 2 aromatic carbocycles. The second kappa shape index (κ2) is 7.33. The minimum absolute atomic E-state index is 0.294. The zero-order valence-electron chi connectivity index (χ0n) is 12.0. The van der Waals surface area contributed by atoms with E-state index in [-0.39, 0.29) is 0 Å². The van der Waals surface area contributed by atoms with Crippen LogP contribution in [0.2, 0.25) is 0 Å². The molecule has 0 saturated carbocycles. The molecule has 0 spiro atoms. The van der Waals surface area contributed by atoms with Crippen LogP contribution in [0.3, 0.4) is 0 Å². The standard InChI is InChI=1S/C17H19NO3/c1-2-11-21-17(20)18-15-9-7-13(8-10-15)12-14-5-3-4-6-16(14)19/h3-10,19H,2,11-12H2,1H3,(H,18,20). The summed E-state index contributed by atoms with van der Waals surface area (Å²) in [6.45, 7) is 2.36. The second-order valence-corrected chi connectivity index (χ2v) is 4.76. The number of benzene rings is 2. The number of anilines is 1.